The van der Waals surface area contributed by atoms with Crippen molar-refractivity contribution in [3.8, 4) is 6.07 Å². The summed E-state index contributed by atoms with van der Waals surface area (Å²) in [6.45, 7) is 4.49. The van der Waals surface area contributed by atoms with Gasteiger partial charge in [-0.1, -0.05) is 49.2 Å². The van der Waals surface area contributed by atoms with Crippen molar-refractivity contribution in [2.45, 2.75) is 49.7 Å². The molecule has 154 valence electrons. The Balaban J connectivity index is 1.56. The van der Waals surface area contributed by atoms with Gasteiger partial charge in [0.2, 0.25) is 0 Å². The third-order valence-electron chi connectivity index (χ3n) is 5.39. The van der Waals surface area contributed by atoms with Gasteiger partial charge in [0.15, 0.2) is 11.0 Å². The summed E-state index contributed by atoms with van der Waals surface area (Å²) < 4.78 is 2.08. The number of fused-ring (bicyclic) bond motifs is 1. The predicted molar refractivity (Wildman–Crippen MR) is 118 cm³/mol. The maximum Gasteiger partial charge on any atom is 0.191 e. The number of imidazole rings is 1. The van der Waals surface area contributed by atoms with E-state index < -0.39 is 0 Å². The van der Waals surface area contributed by atoms with Crippen molar-refractivity contribution in [2.24, 2.45) is 0 Å². The number of nitriles is 1. The van der Waals surface area contributed by atoms with Crippen LogP contribution in [0.4, 0.5) is 0 Å². The van der Waals surface area contributed by atoms with E-state index in [1.54, 1.807) is 0 Å². The molecule has 1 aliphatic carbocycles. The molecule has 2 heterocycles. The number of aliphatic hydroxyl groups is 1. The number of hydrogen-bond donors (Lipinski definition) is 2. The van der Waals surface area contributed by atoms with Crippen LogP contribution in [0, 0.1) is 11.3 Å². The molecule has 0 radical (unpaired) electrons. The fourth-order valence-corrected chi connectivity index (χ4v) is 4.73. The van der Waals surface area contributed by atoms with E-state index in [-0.39, 0.29) is 17.1 Å². The van der Waals surface area contributed by atoms with E-state index >= 15 is 0 Å². The molecule has 3 aromatic rings. The number of aromatic nitrogens is 5. The van der Waals surface area contributed by atoms with Crippen LogP contribution in [0.5, 0.6) is 0 Å². The molecule has 30 heavy (non-hydrogen) atoms. The zero-order chi connectivity index (χ0) is 20.9. The van der Waals surface area contributed by atoms with E-state index in [1.165, 1.54) is 31.0 Å². The van der Waals surface area contributed by atoms with Gasteiger partial charge in [0.1, 0.15) is 23.2 Å². The van der Waals surface area contributed by atoms with Gasteiger partial charge in [0.25, 0.3) is 0 Å². The molecular weight excluding hydrogens is 396 g/mol. The molecule has 2 N–H and O–H groups in total. The molecule has 0 unspecified atom stereocenters. The minimum atomic E-state index is -0.0334. The van der Waals surface area contributed by atoms with Crippen molar-refractivity contribution in [2.75, 3.05) is 5.75 Å². The number of allylic oxidation sites excluding steroid dienone is 2. The molecule has 0 amide bonds. The zero-order valence-corrected chi connectivity index (χ0v) is 17.5. The largest absolute Gasteiger partial charge is 0.510 e. The molecule has 0 atom stereocenters. The number of aromatic amines is 1. The predicted octanol–water partition coefficient (Wildman–Crippen LogP) is 4.97. The molecule has 0 bridgehead atoms. The Labute approximate surface area is 179 Å². The van der Waals surface area contributed by atoms with Crippen LogP contribution in [0.3, 0.4) is 0 Å². The number of nitrogens with one attached hydrogen (secondary N) is 1. The van der Waals surface area contributed by atoms with E-state index in [4.69, 9.17) is 0 Å². The standard InChI is InChI=1S/C22H24N6OS/c1-2-12-28-21(15-8-4-3-5-9-15)26-27-22(28)30-14-19(29)16(13-23)20-24-17-10-6-7-11-18(17)25-20/h2,6-7,10-11,15,29H,1,3-5,8-9,12,14H2,(H,24,25). The summed E-state index contributed by atoms with van der Waals surface area (Å²) in [6.07, 6.45) is 7.84. The average molecular weight is 421 g/mol. The number of rotatable bonds is 7. The van der Waals surface area contributed by atoms with E-state index in [0.29, 0.717) is 18.3 Å². The molecule has 1 fully saturated rings. The van der Waals surface area contributed by atoms with Crippen LogP contribution in [0.25, 0.3) is 16.6 Å². The maximum atomic E-state index is 10.6. The number of thioether (sulfide) groups is 1. The van der Waals surface area contributed by atoms with Crippen LogP contribution >= 0.6 is 11.8 Å². The zero-order valence-electron chi connectivity index (χ0n) is 16.7. The van der Waals surface area contributed by atoms with Gasteiger partial charge in [-0.2, -0.15) is 5.26 Å². The van der Waals surface area contributed by atoms with Gasteiger partial charge in [-0.05, 0) is 25.0 Å². The van der Waals surface area contributed by atoms with Crippen LogP contribution < -0.4 is 0 Å². The Morgan fingerprint density at radius 1 is 1.30 bits per heavy atom. The van der Waals surface area contributed by atoms with Crippen LogP contribution in [-0.4, -0.2) is 35.6 Å². The minimum absolute atomic E-state index is 0.0334. The second-order valence-electron chi connectivity index (χ2n) is 7.40. The maximum absolute atomic E-state index is 10.6. The Morgan fingerprint density at radius 3 is 2.83 bits per heavy atom. The third-order valence-corrected chi connectivity index (χ3v) is 6.37. The molecular formula is C22H24N6OS. The number of para-hydroxylation sites is 2. The van der Waals surface area contributed by atoms with Gasteiger partial charge in [-0.3, -0.25) is 0 Å². The summed E-state index contributed by atoms with van der Waals surface area (Å²) >= 11 is 1.37. The van der Waals surface area contributed by atoms with E-state index in [1.807, 2.05) is 30.3 Å². The SMILES string of the molecule is C=CCn1c(SCC(O)=C(C#N)c2nc3ccccc3[nH]2)nnc1C1CCCCC1. The van der Waals surface area contributed by atoms with Crippen molar-refractivity contribution in [3.63, 3.8) is 0 Å². The van der Waals surface area contributed by atoms with Gasteiger partial charge >= 0.3 is 0 Å². The van der Waals surface area contributed by atoms with Crippen LogP contribution in [-0.2, 0) is 6.54 Å². The smallest absolute Gasteiger partial charge is 0.191 e. The molecule has 1 aliphatic rings. The first-order chi connectivity index (χ1) is 14.7. The lowest BCUT2D eigenvalue weighted by molar-refractivity contribution is 0.415. The highest BCUT2D eigenvalue weighted by Crippen LogP contribution is 2.33. The summed E-state index contributed by atoms with van der Waals surface area (Å²) in [5.74, 6) is 1.97. The summed E-state index contributed by atoms with van der Waals surface area (Å²) in [5.41, 5.74) is 1.72. The van der Waals surface area contributed by atoms with E-state index in [0.717, 1.165) is 34.9 Å². The van der Waals surface area contributed by atoms with Crippen LogP contribution in [0.1, 0.15) is 49.7 Å². The van der Waals surface area contributed by atoms with Crippen LogP contribution in [0.15, 0.2) is 47.8 Å². The number of nitrogens with zero attached hydrogens (tertiary/aromatic N) is 5. The number of aliphatic hydroxyl groups excluding tert-OH is 1. The Bertz CT molecular complexity index is 1080. The molecule has 2 aromatic heterocycles. The normalized spacial score (nSPS) is 15.7. The van der Waals surface area contributed by atoms with Gasteiger partial charge in [-0.25, -0.2) is 4.98 Å². The first-order valence-corrected chi connectivity index (χ1v) is 11.1. The molecule has 0 spiro atoms. The highest BCUT2D eigenvalue weighted by atomic mass is 32.2. The second-order valence-corrected chi connectivity index (χ2v) is 8.34. The molecule has 0 saturated heterocycles. The summed E-state index contributed by atoms with van der Waals surface area (Å²) in [4.78, 5) is 7.52. The van der Waals surface area contributed by atoms with Crippen molar-refractivity contribution in [3.05, 3.63) is 54.3 Å². The fourth-order valence-electron chi connectivity index (χ4n) is 3.90. The van der Waals surface area contributed by atoms with Crippen molar-refractivity contribution >= 4 is 28.4 Å². The minimum Gasteiger partial charge on any atom is -0.510 e. The van der Waals surface area contributed by atoms with Gasteiger partial charge in [0, 0.05) is 12.5 Å². The lowest BCUT2D eigenvalue weighted by Gasteiger charge is -2.21. The van der Waals surface area contributed by atoms with Gasteiger partial charge < -0.3 is 14.7 Å². The Hall–Kier alpha value is -3.05. The van der Waals surface area contributed by atoms with E-state index in [9.17, 15) is 10.4 Å². The van der Waals surface area contributed by atoms with Crippen molar-refractivity contribution in [1.29, 1.82) is 5.26 Å². The molecule has 8 heteroatoms. The first-order valence-electron chi connectivity index (χ1n) is 10.2. The summed E-state index contributed by atoms with van der Waals surface area (Å²) in [5, 5.41) is 29.8. The fraction of sp³-hybridized carbons (Fsp3) is 0.364. The molecule has 1 saturated carbocycles. The number of H-pyrrole nitrogens is 1. The second kappa shape index (κ2) is 9.18. The molecule has 7 nitrogen and oxygen atoms in total. The quantitative estimate of drug-likeness (QED) is 0.242. The van der Waals surface area contributed by atoms with Crippen LogP contribution in [0.2, 0.25) is 0 Å². The molecule has 4 rings (SSSR count). The number of hydrogen-bond acceptors (Lipinski definition) is 6. The summed E-state index contributed by atoms with van der Waals surface area (Å²) in [6, 6.07) is 9.60. The Morgan fingerprint density at radius 2 is 2.10 bits per heavy atom. The lowest BCUT2D eigenvalue weighted by Crippen LogP contribution is -2.12. The lowest BCUT2D eigenvalue weighted by atomic mass is 9.89. The van der Waals surface area contributed by atoms with Crippen molar-refractivity contribution in [1.82, 2.24) is 24.7 Å². The van der Waals surface area contributed by atoms with E-state index in [2.05, 4.69) is 37.4 Å². The van der Waals surface area contributed by atoms with Crippen molar-refractivity contribution < 1.29 is 5.11 Å². The van der Waals surface area contributed by atoms with Gasteiger partial charge in [-0.15, -0.1) is 16.8 Å². The summed E-state index contributed by atoms with van der Waals surface area (Å²) in [7, 11) is 0. The highest BCUT2D eigenvalue weighted by molar-refractivity contribution is 7.99. The molecule has 1 aromatic carbocycles. The Kier molecular flexibility index (Phi) is 6.19. The topological polar surface area (TPSA) is 103 Å². The van der Waals surface area contributed by atoms with Gasteiger partial charge in [0.05, 0.1) is 16.8 Å². The average Bonchev–Trinajstić information content (AvgIpc) is 3.38. The third kappa shape index (κ3) is 4.12. The monoisotopic (exact) mass is 420 g/mol. The first kappa shape index (κ1) is 20.2. The number of benzene rings is 1. The molecule has 0 aliphatic heterocycles. The highest BCUT2D eigenvalue weighted by Gasteiger charge is 2.23.